The summed E-state index contributed by atoms with van der Waals surface area (Å²) in [5, 5.41) is 2.68. The Morgan fingerprint density at radius 1 is 1.14 bits per heavy atom. The molecule has 1 amide bonds. The lowest BCUT2D eigenvalue weighted by Crippen LogP contribution is -2.25. The second-order valence-electron chi connectivity index (χ2n) is 6.57. The zero-order valence-electron chi connectivity index (χ0n) is 15.2. The van der Waals surface area contributed by atoms with E-state index in [1.807, 2.05) is 0 Å². The van der Waals surface area contributed by atoms with E-state index >= 15 is 0 Å². The topological polar surface area (TPSA) is 66.5 Å². The van der Waals surface area contributed by atoms with Gasteiger partial charge in [0.05, 0.1) is 17.5 Å². The monoisotopic (exact) mass is 406 g/mol. The number of sulfonamides is 1. The quantitative estimate of drug-likeness (QED) is 0.774. The highest BCUT2D eigenvalue weighted by Crippen LogP contribution is 2.24. The number of hydrogen-bond acceptors (Lipinski definition) is 3. The maximum absolute atomic E-state index is 13.3. The highest BCUT2D eigenvalue weighted by molar-refractivity contribution is 7.93. The van der Waals surface area contributed by atoms with E-state index in [4.69, 9.17) is 0 Å². The van der Waals surface area contributed by atoms with Crippen molar-refractivity contribution in [1.29, 1.82) is 0 Å². The van der Waals surface area contributed by atoms with Crippen molar-refractivity contribution in [3.05, 3.63) is 71.3 Å². The van der Waals surface area contributed by atoms with Crippen LogP contribution in [0.1, 0.15) is 30.5 Å². The van der Waals surface area contributed by atoms with Crippen LogP contribution in [0.2, 0.25) is 0 Å². The van der Waals surface area contributed by atoms with Gasteiger partial charge in [-0.05, 0) is 54.8 Å². The molecule has 5 nitrogen and oxygen atoms in total. The van der Waals surface area contributed by atoms with E-state index in [1.54, 1.807) is 37.3 Å². The minimum absolute atomic E-state index is 0.158. The first-order chi connectivity index (χ1) is 13.3. The smallest absolute Gasteiger partial charge is 0.244 e. The first kappa shape index (κ1) is 20.0. The Morgan fingerprint density at radius 3 is 2.46 bits per heavy atom. The van der Waals surface area contributed by atoms with Crippen LogP contribution in [0.4, 0.5) is 14.5 Å². The van der Waals surface area contributed by atoms with Crippen molar-refractivity contribution in [1.82, 2.24) is 5.32 Å². The molecule has 2 aromatic carbocycles. The number of amides is 1. The lowest BCUT2D eigenvalue weighted by molar-refractivity contribution is -0.117. The molecule has 1 aliphatic heterocycles. The first-order valence-electron chi connectivity index (χ1n) is 8.80. The Bertz CT molecular complexity index is 1000. The fraction of sp³-hybridized carbons (Fsp3) is 0.250. The van der Waals surface area contributed by atoms with Crippen molar-refractivity contribution in [2.45, 2.75) is 19.4 Å². The summed E-state index contributed by atoms with van der Waals surface area (Å²) >= 11 is 0. The van der Waals surface area contributed by atoms with Gasteiger partial charge in [0, 0.05) is 12.6 Å². The molecule has 3 rings (SSSR count). The number of carbonyl (C=O) groups is 1. The molecule has 0 radical (unpaired) electrons. The predicted molar refractivity (Wildman–Crippen MR) is 104 cm³/mol. The van der Waals surface area contributed by atoms with Crippen molar-refractivity contribution in [3.63, 3.8) is 0 Å². The lowest BCUT2D eigenvalue weighted by Gasteiger charge is -2.16. The van der Waals surface area contributed by atoms with Crippen LogP contribution in [0.3, 0.4) is 0 Å². The van der Waals surface area contributed by atoms with Crippen LogP contribution in [0.15, 0.2) is 48.5 Å². The number of nitrogens with one attached hydrogen (secondary N) is 1. The summed E-state index contributed by atoms with van der Waals surface area (Å²) in [7, 11) is -3.22. The Balaban J connectivity index is 1.61. The third-order valence-electron chi connectivity index (χ3n) is 4.51. The van der Waals surface area contributed by atoms with Gasteiger partial charge in [0.2, 0.25) is 15.9 Å². The van der Waals surface area contributed by atoms with Gasteiger partial charge in [-0.2, -0.15) is 0 Å². The van der Waals surface area contributed by atoms with Gasteiger partial charge >= 0.3 is 0 Å². The summed E-state index contributed by atoms with van der Waals surface area (Å²) in [4.78, 5) is 12.1. The second kappa shape index (κ2) is 8.10. The van der Waals surface area contributed by atoms with E-state index in [9.17, 15) is 22.0 Å². The third kappa shape index (κ3) is 4.56. The van der Waals surface area contributed by atoms with Crippen LogP contribution in [0.5, 0.6) is 0 Å². The fourth-order valence-electron chi connectivity index (χ4n) is 2.98. The van der Waals surface area contributed by atoms with Gasteiger partial charge in [-0.1, -0.05) is 18.2 Å². The van der Waals surface area contributed by atoms with E-state index in [0.717, 1.165) is 17.7 Å². The van der Waals surface area contributed by atoms with Crippen LogP contribution in [0.25, 0.3) is 6.08 Å². The number of nitrogens with zero attached hydrogens (tertiary/aromatic N) is 1. The van der Waals surface area contributed by atoms with E-state index in [1.165, 1.54) is 16.4 Å². The van der Waals surface area contributed by atoms with Gasteiger partial charge in [-0.3, -0.25) is 9.10 Å². The Hall–Kier alpha value is -2.74. The number of rotatable bonds is 5. The molecule has 8 heteroatoms. The highest BCUT2D eigenvalue weighted by Gasteiger charge is 2.28. The van der Waals surface area contributed by atoms with Gasteiger partial charge in [-0.25, -0.2) is 17.2 Å². The van der Waals surface area contributed by atoms with Crippen molar-refractivity contribution < 1.29 is 22.0 Å². The summed E-state index contributed by atoms with van der Waals surface area (Å²) < 4.78 is 51.5. The molecule has 1 aliphatic rings. The molecule has 2 aromatic rings. The normalized spacial score (nSPS) is 17.0. The van der Waals surface area contributed by atoms with Crippen molar-refractivity contribution >= 4 is 27.7 Å². The molecule has 1 N–H and O–H groups in total. The molecule has 0 aromatic heterocycles. The highest BCUT2D eigenvalue weighted by atomic mass is 32.2. The lowest BCUT2D eigenvalue weighted by atomic mass is 10.1. The molecule has 0 aliphatic carbocycles. The fourth-order valence-corrected chi connectivity index (χ4v) is 4.54. The first-order valence-corrected chi connectivity index (χ1v) is 10.4. The van der Waals surface area contributed by atoms with Gasteiger partial charge in [-0.15, -0.1) is 0 Å². The molecule has 148 valence electrons. The largest absolute Gasteiger partial charge is 0.346 e. The predicted octanol–water partition coefficient (Wildman–Crippen LogP) is 3.40. The number of anilines is 1. The van der Waals surface area contributed by atoms with Crippen LogP contribution in [-0.4, -0.2) is 26.6 Å². The van der Waals surface area contributed by atoms with E-state index < -0.39 is 27.7 Å². The van der Waals surface area contributed by atoms with Crippen molar-refractivity contribution in [3.8, 4) is 0 Å². The average Bonchev–Trinajstić information content (AvgIpc) is 3.01. The Labute approximate surface area is 162 Å². The van der Waals surface area contributed by atoms with Crippen LogP contribution in [0, 0.1) is 11.6 Å². The molecular weight excluding hydrogens is 386 g/mol. The molecule has 1 atom stereocenters. The number of hydrogen-bond donors (Lipinski definition) is 1. The summed E-state index contributed by atoms with van der Waals surface area (Å²) in [6.45, 7) is 2.14. The Kier molecular flexibility index (Phi) is 5.79. The maximum atomic E-state index is 13.3. The molecular formula is C20H20F2N2O3S. The van der Waals surface area contributed by atoms with Crippen molar-refractivity contribution in [2.75, 3.05) is 16.6 Å². The minimum Gasteiger partial charge on any atom is -0.346 e. The zero-order chi connectivity index (χ0) is 20.3. The van der Waals surface area contributed by atoms with E-state index in [2.05, 4.69) is 5.32 Å². The van der Waals surface area contributed by atoms with Crippen LogP contribution < -0.4 is 9.62 Å². The summed E-state index contributed by atoms with van der Waals surface area (Å²) in [5.41, 5.74) is 1.79. The van der Waals surface area contributed by atoms with Gasteiger partial charge in [0.25, 0.3) is 0 Å². The van der Waals surface area contributed by atoms with E-state index in [-0.39, 0.29) is 11.7 Å². The summed E-state index contributed by atoms with van der Waals surface area (Å²) in [6.07, 6.45) is 3.54. The van der Waals surface area contributed by atoms with Crippen molar-refractivity contribution in [2.24, 2.45) is 0 Å². The standard InChI is InChI=1S/C20H20F2N2O3S/c1-14(16-6-9-18(21)19(22)13-16)23-20(25)10-5-15-3-7-17(8-4-15)24-11-2-12-28(24,26)27/h3-10,13-14H,2,11-12H2,1H3,(H,23,25)/b10-5+. The SMILES string of the molecule is CC(NC(=O)/C=C/c1ccc(N2CCCS2(=O)=O)cc1)c1ccc(F)c(F)c1. The molecule has 1 heterocycles. The van der Waals surface area contributed by atoms with Crippen LogP contribution >= 0.6 is 0 Å². The zero-order valence-corrected chi connectivity index (χ0v) is 16.0. The van der Waals surface area contributed by atoms with Gasteiger partial charge in [0.1, 0.15) is 0 Å². The molecule has 0 bridgehead atoms. The molecule has 1 saturated heterocycles. The number of halogens is 2. The van der Waals surface area contributed by atoms with Gasteiger partial charge < -0.3 is 5.32 Å². The molecule has 0 spiro atoms. The molecule has 28 heavy (non-hydrogen) atoms. The Morgan fingerprint density at radius 2 is 1.86 bits per heavy atom. The number of carbonyl (C=O) groups excluding carboxylic acids is 1. The van der Waals surface area contributed by atoms with Crippen LogP contribution in [-0.2, 0) is 14.8 Å². The number of benzene rings is 2. The second-order valence-corrected chi connectivity index (χ2v) is 8.58. The van der Waals surface area contributed by atoms with Gasteiger partial charge in [0.15, 0.2) is 11.6 Å². The molecule has 0 saturated carbocycles. The summed E-state index contributed by atoms with van der Waals surface area (Å²) in [5.74, 6) is -2.13. The van der Waals surface area contributed by atoms with E-state index in [0.29, 0.717) is 24.2 Å². The third-order valence-corrected chi connectivity index (χ3v) is 6.38. The molecule has 1 unspecified atom stereocenters. The molecule has 1 fully saturated rings. The maximum Gasteiger partial charge on any atom is 0.244 e. The minimum atomic E-state index is -3.22. The average molecular weight is 406 g/mol. The summed E-state index contributed by atoms with van der Waals surface area (Å²) in [6, 6.07) is 9.85.